The Morgan fingerprint density at radius 3 is 2.78 bits per heavy atom. The molecule has 4 heteroatoms. The SMILES string of the molecule is CCCc1c(-c2cc(C)ccc2F)nn(C)c1N. The van der Waals surface area contributed by atoms with E-state index in [-0.39, 0.29) is 5.82 Å². The van der Waals surface area contributed by atoms with Crippen molar-refractivity contribution in [1.82, 2.24) is 9.78 Å². The highest BCUT2D eigenvalue weighted by molar-refractivity contribution is 5.69. The zero-order valence-corrected chi connectivity index (χ0v) is 11.0. The first-order chi connectivity index (χ1) is 8.54. The Labute approximate surface area is 106 Å². The van der Waals surface area contributed by atoms with E-state index in [4.69, 9.17) is 5.73 Å². The van der Waals surface area contributed by atoms with Crippen molar-refractivity contribution >= 4 is 5.82 Å². The lowest BCUT2D eigenvalue weighted by molar-refractivity contribution is 0.629. The van der Waals surface area contributed by atoms with Gasteiger partial charge in [0.05, 0.1) is 0 Å². The van der Waals surface area contributed by atoms with Crippen LogP contribution in [0.2, 0.25) is 0 Å². The van der Waals surface area contributed by atoms with Crippen LogP contribution in [0.1, 0.15) is 24.5 Å². The molecule has 0 aliphatic carbocycles. The topological polar surface area (TPSA) is 43.8 Å². The molecule has 96 valence electrons. The first kappa shape index (κ1) is 12.6. The van der Waals surface area contributed by atoms with Gasteiger partial charge >= 0.3 is 0 Å². The van der Waals surface area contributed by atoms with Crippen molar-refractivity contribution in [3.8, 4) is 11.3 Å². The monoisotopic (exact) mass is 247 g/mol. The Bertz CT molecular complexity index is 573. The number of benzene rings is 1. The van der Waals surface area contributed by atoms with E-state index in [9.17, 15) is 4.39 Å². The highest BCUT2D eigenvalue weighted by atomic mass is 19.1. The maximum Gasteiger partial charge on any atom is 0.132 e. The van der Waals surface area contributed by atoms with Crippen LogP contribution in [-0.4, -0.2) is 9.78 Å². The van der Waals surface area contributed by atoms with Crippen LogP contribution >= 0.6 is 0 Å². The third-order valence-corrected chi connectivity index (χ3v) is 3.07. The highest BCUT2D eigenvalue weighted by Gasteiger charge is 2.17. The normalized spacial score (nSPS) is 10.9. The molecular formula is C14H18FN3. The fraction of sp³-hybridized carbons (Fsp3) is 0.357. The summed E-state index contributed by atoms with van der Waals surface area (Å²) in [7, 11) is 1.78. The molecule has 0 unspecified atom stereocenters. The molecule has 3 nitrogen and oxygen atoms in total. The lowest BCUT2D eigenvalue weighted by Crippen LogP contribution is -1.99. The van der Waals surface area contributed by atoms with Gasteiger partial charge in [0.2, 0.25) is 0 Å². The van der Waals surface area contributed by atoms with E-state index in [2.05, 4.69) is 12.0 Å². The lowest BCUT2D eigenvalue weighted by atomic mass is 10.0. The van der Waals surface area contributed by atoms with Crippen LogP contribution in [0.15, 0.2) is 18.2 Å². The van der Waals surface area contributed by atoms with Crippen LogP contribution in [0, 0.1) is 12.7 Å². The van der Waals surface area contributed by atoms with Crippen LogP contribution in [0.4, 0.5) is 10.2 Å². The quantitative estimate of drug-likeness (QED) is 0.905. The van der Waals surface area contributed by atoms with Gasteiger partial charge in [-0.3, -0.25) is 4.68 Å². The van der Waals surface area contributed by atoms with E-state index in [1.165, 1.54) is 6.07 Å². The largest absolute Gasteiger partial charge is 0.384 e. The van der Waals surface area contributed by atoms with E-state index >= 15 is 0 Å². The molecular weight excluding hydrogens is 229 g/mol. The number of nitrogen functional groups attached to an aromatic ring is 1. The van der Waals surface area contributed by atoms with E-state index in [1.54, 1.807) is 17.8 Å². The van der Waals surface area contributed by atoms with Crippen molar-refractivity contribution in [1.29, 1.82) is 0 Å². The van der Waals surface area contributed by atoms with Crippen LogP contribution in [0.5, 0.6) is 0 Å². The second-order valence-corrected chi connectivity index (χ2v) is 4.57. The minimum absolute atomic E-state index is 0.254. The molecule has 0 bridgehead atoms. The second kappa shape index (κ2) is 4.80. The average Bonchev–Trinajstić information content (AvgIpc) is 2.61. The minimum atomic E-state index is -0.254. The molecule has 0 aliphatic heterocycles. The van der Waals surface area contributed by atoms with Gasteiger partial charge in [0, 0.05) is 18.2 Å². The van der Waals surface area contributed by atoms with Gasteiger partial charge in [-0.1, -0.05) is 25.0 Å². The molecule has 0 spiro atoms. The van der Waals surface area contributed by atoms with Crippen molar-refractivity contribution in [2.24, 2.45) is 7.05 Å². The van der Waals surface area contributed by atoms with Gasteiger partial charge in [-0.05, 0) is 25.5 Å². The summed E-state index contributed by atoms with van der Waals surface area (Å²) in [6.45, 7) is 4.01. The van der Waals surface area contributed by atoms with Gasteiger partial charge in [0.15, 0.2) is 0 Å². The maximum absolute atomic E-state index is 13.9. The number of nitrogens with zero attached hydrogens (tertiary/aromatic N) is 2. The van der Waals surface area contributed by atoms with Gasteiger partial charge in [0.1, 0.15) is 17.3 Å². The zero-order valence-electron chi connectivity index (χ0n) is 11.0. The first-order valence-corrected chi connectivity index (χ1v) is 6.12. The molecule has 2 aromatic rings. The number of hydrogen-bond donors (Lipinski definition) is 1. The highest BCUT2D eigenvalue weighted by Crippen LogP contribution is 2.30. The summed E-state index contributed by atoms with van der Waals surface area (Å²) in [5.74, 6) is 0.365. The standard InChI is InChI=1S/C14H18FN3/c1-4-5-10-13(17-18(3)14(10)16)11-8-9(2)6-7-12(11)15/h6-8H,4-5,16H2,1-3H3. The summed E-state index contributed by atoms with van der Waals surface area (Å²) in [6, 6.07) is 5.05. The van der Waals surface area contributed by atoms with E-state index in [1.807, 2.05) is 13.0 Å². The fourth-order valence-corrected chi connectivity index (χ4v) is 2.11. The van der Waals surface area contributed by atoms with Crippen molar-refractivity contribution in [2.45, 2.75) is 26.7 Å². The predicted octanol–water partition coefficient (Wildman–Crippen LogP) is 3.07. The molecule has 0 aliphatic rings. The number of aryl methyl sites for hydroxylation is 2. The average molecular weight is 247 g/mol. The minimum Gasteiger partial charge on any atom is -0.384 e. The first-order valence-electron chi connectivity index (χ1n) is 6.12. The molecule has 0 fully saturated rings. The van der Waals surface area contributed by atoms with Crippen molar-refractivity contribution < 1.29 is 4.39 Å². The Morgan fingerprint density at radius 1 is 1.39 bits per heavy atom. The molecule has 0 saturated carbocycles. The summed E-state index contributed by atoms with van der Waals surface area (Å²) in [5.41, 5.74) is 9.14. The number of aromatic nitrogens is 2. The third-order valence-electron chi connectivity index (χ3n) is 3.07. The fourth-order valence-electron chi connectivity index (χ4n) is 2.11. The number of nitrogens with two attached hydrogens (primary N) is 1. The van der Waals surface area contributed by atoms with Crippen LogP contribution in [-0.2, 0) is 13.5 Å². The maximum atomic E-state index is 13.9. The molecule has 0 saturated heterocycles. The number of halogens is 1. The van der Waals surface area contributed by atoms with Crippen molar-refractivity contribution in [3.05, 3.63) is 35.1 Å². The summed E-state index contributed by atoms with van der Waals surface area (Å²) < 4.78 is 15.5. The molecule has 0 amide bonds. The molecule has 18 heavy (non-hydrogen) atoms. The van der Waals surface area contributed by atoms with E-state index in [0.29, 0.717) is 17.1 Å². The van der Waals surface area contributed by atoms with E-state index < -0.39 is 0 Å². The van der Waals surface area contributed by atoms with Crippen molar-refractivity contribution in [3.63, 3.8) is 0 Å². The molecule has 1 aromatic heterocycles. The zero-order chi connectivity index (χ0) is 13.3. The molecule has 1 heterocycles. The Hall–Kier alpha value is -1.84. The second-order valence-electron chi connectivity index (χ2n) is 4.57. The molecule has 0 radical (unpaired) electrons. The van der Waals surface area contributed by atoms with Gasteiger partial charge in [-0.25, -0.2) is 4.39 Å². The van der Waals surface area contributed by atoms with Crippen LogP contribution in [0.25, 0.3) is 11.3 Å². The third kappa shape index (κ3) is 2.10. The predicted molar refractivity (Wildman–Crippen MR) is 71.7 cm³/mol. The Kier molecular flexibility index (Phi) is 3.36. The summed E-state index contributed by atoms with van der Waals surface area (Å²) >= 11 is 0. The molecule has 1 aromatic carbocycles. The Morgan fingerprint density at radius 2 is 2.11 bits per heavy atom. The summed E-state index contributed by atoms with van der Waals surface area (Å²) in [4.78, 5) is 0. The Balaban J connectivity index is 2.63. The number of hydrogen-bond acceptors (Lipinski definition) is 2. The van der Waals surface area contributed by atoms with Gasteiger partial charge in [0.25, 0.3) is 0 Å². The van der Waals surface area contributed by atoms with Crippen LogP contribution in [0.3, 0.4) is 0 Å². The lowest BCUT2D eigenvalue weighted by Gasteiger charge is -2.04. The summed E-state index contributed by atoms with van der Waals surface area (Å²) in [5, 5.41) is 4.35. The van der Waals surface area contributed by atoms with Gasteiger partial charge in [-0.15, -0.1) is 0 Å². The smallest absolute Gasteiger partial charge is 0.132 e. The molecule has 2 N–H and O–H groups in total. The van der Waals surface area contributed by atoms with Gasteiger partial charge < -0.3 is 5.73 Å². The van der Waals surface area contributed by atoms with E-state index in [0.717, 1.165) is 24.0 Å². The van der Waals surface area contributed by atoms with Gasteiger partial charge in [-0.2, -0.15) is 5.10 Å². The molecule has 0 atom stereocenters. The molecule has 2 rings (SSSR count). The summed E-state index contributed by atoms with van der Waals surface area (Å²) in [6.07, 6.45) is 1.76. The van der Waals surface area contributed by atoms with Crippen molar-refractivity contribution in [2.75, 3.05) is 5.73 Å². The number of rotatable bonds is 3. The number of anilines is 1. The van der Waals surface area contributed by atoms with Crippen LogP contribution < -0.4 is 5.73 Å².